The van der Waals surface area contributed by atoms with Gasteiger partial charge < -0.3 is 0 Å². The Morgan fingerprint density at radius 3 is 2.62 bits per heavy atom. The molecule has 2 N–H and O–H groups in total. The fourth-order valence-electron chi connectivity index (χ4n) is 0.887. The van der Waals surface area contributed by atoms with Gasteiger partial charge in [-0.05, 0) is 12.1 Å². The molecule has 4 heteroatoms. The van der Waals surface area contributed by atoms with Crippen LogP contribution in [0.3, 0.4) is 0 Å². The van der Waals surface area contributed by atoms with Crippen molar-refractivity contribution in [3.05, 3.63) is 30.3 Å². The minimum absolute atomic E-state index is 0.223. The molecule has 13 heavy (non-hydrogen) atoms. The molecule has 1 amide bonds. The first-order valence-corrected chi connectivity index (χ1v) is 5.29. The first-order valence-electron chi connectivity index (χ1n) is 3.72. The Hall–Kier alpha value is -1.13. The van der Waals surface area contributed by atoms with E-state index >= 15 is 0 Å². The summed E-state index contributed by atoms with van der Waals surface area (Å²) in [5, 5.41) is 8.31. The molecule has 0 bridgehead atoms. The molecule has 0 aliphatic rings. The SMILES string of the molecule is C=S(CC(=O)NO)c1ccccc1. The molecule has 70 valence electrons. The van der Waals surface area contributed by atoms with Crippen molar-refractivity contribution in [3.8, 4) is 0 Å². The summed E-state index contributed by atoms with van der Waals surface area (Å²) in [4.78, 5) is 11.8. The van der Waals surface area contributed by atoms with Crippen LogP contribution in [-0.2, 0) is 4.79 Å². The minimum Gasteiger partial charge on any atom is -0.289 e. The zero-order valence-electron chi connectivity index (χ0n) is 7.06. The topological polar surface area (TPSA) is 49.3 Å². The lowest BCUT2D eigenvalue weighted by molar-refractivity contribution is -0.126. The highest BCUT2D eigenvalue weighted by molar-refractivity contribution is 8.14. The Balaban J connectivity index is 2.65. The van der Waals surface area contributed by atoms with Gasteiger partial charge in [0.2, 0.25) is 0 Å². The fourth-order valence-corrected chi connectivity index (χ4v) is 1.98. The Labute approximate surface area is 79.3 Å². The van der Waals surface area contributed by atoms with Crippen molar-refractivity contribution in [2.45, 2.75) is 4.90 Å². The van der Waals surface area contributed by atoms with Gasteiger partial charge in [0.15, 0.2) is 0 Å². The molecule has 0 heterocycles. The van der Waals surface area contributed by atoms with Gasteiger partial charge in [-0.25, -0.2) is 5.48 Å². The quantitative estimate of drug-likeness (QED) is 0.435. The smallest absolute Gasteiger partial charge is 0.253 e. The summed E-state index contributed by atoms with van der Waals surface area (Å²) in [6, 6.07) is 9.54. The lowest BCUT2D eigenvalue weighted by atomic mass is 10.4. The average molecular weight is 197 g/mol. The van der Waals surface area contributed by atoms with Crippen LogP contribution in [0.25, 0.3) is 0 Å². The highest BCUT2D eigenvalue weighted by atomic mass is 32.2. The van der Waals surface area contributed by atoms with Crippen LogP contribution in [0.5, 0.6) is 0 Å². The van der Waals surface area contributed by atoms with Crippen LogP contribution in [0.15, 0.2) is 35.2 Å². The number of carbonyl (C=O) groups is 1. The minimum atomic E-state index is -0.401. The number of hydrogen-bond donors (Lipinski definition) is 2. The van der Waals surface area contributed by atoms with Gasteiger partial charge in [0.05, 0.1) is 5.75 Å². The van der Waals surface area contributed by atoms with Crippen LogP contribution in [0.4, 0.5) is 0 Å². The van der Waals surface area contributed by atoms with E-state index in [0.29, 0.717) is 0 Å². The summed E-state index contributed by atoms with van der Waals surface area (Å²) < 4.78 is 0. The standard InChI is InChI=1S/C9H11NO2S/c1-13(7-9(11)10-12)8-5-3-2-4-6-8/h2-6,12H,1,7H2,(H,10,11). The summed E-state index contributed by atoms with van der Waals surface area (Å²) in [7, 11) is -0.385. The van der Waals surface area contributed by atoms with E-state index in [0.717, 1.165) is 4.90 Å². The number of carbonyl (C=O) groups excluding carboxylic acids is 1. The Bertz CT molecular complexity index is 311. The van der Waals surface area contributed by atoms with E-state index in [2.05, 4.69) is 5.87 Å². The lowest BCUT2D eigenvalue weighted by Crippen LogP contribution is -2.21. The third-order valence-electron chi connectivity index (χ3n) is 1.51. The lowest BCUT2D eigenvalue weighted by Gasteiger charge is -2.04. The molecule has 1 atom stereocenters. The highest BCUT2D eigenvalue weighted by Gasteiger charge is 2.02. The van der Waals surface area contributed by atoms with E-state index < -0.39 is 5.91 Å². The van der Waals surface area contributed by atoms with Crippen LogP contribution in [0, 0.1) is 0 Å². The second kappa shape index (κ2) is 4.79. The van der Waals surface area contributed by atoms with Gasteiger partial charge in [0, 0.05) is 4.90 Å². The van der Waals surface area contributed by atoms with Crippen LogP contribution < -0.4 is 5.48 Å². The number of benzene rings is 1. The van der Waals surface area contributed by atoms with E-state index in [9.17, 15) is 4.79 Å². The van der Waals surface area contributed by atoms with Crippen molar-refractivity contribution >= 4 is 22.3 Å². The monoisotopic (exact) mass is 197 g/mol. The third kappa shape index (κ3) is 3.01. The molecular formula is C9H11NO2S. The number of rotatable bonds is 3. The predicted molar refractivity (Wildman–Crippen MR) is 54.2 cm³/mol. The molecule has 0 radical (unpaired) electrons. The van der Waals surface area contributed by atoms with E-state index in [1.165, 1.54) is 0 Å². The van der Waals surface area contributed by atoms with Crippen molar-refractivity contribution in [1.29, 1.82) is 0 Å². The van der Waals surface area contributed by atoms with Crippen molar-refractivity contribution < 1.29 is 10.0 Å². The van der Waals surface area contributed by atoms with Gasteiger partial charge in [-0.3, -0.25) is 10.0 Å². The Kier molecular flexibility index (Phi) is 3.67. The summed E-state index contributed by atoms with van der Waals surface area (Å²) in [6.45, 7) is 0. The maximum absolute atomic E-state index is 10.8. The van der Waals surface area contributed by atoms with Gasteiger partial charge in [0.25, 0.3) is 5.91 Å². The van der Waals surface area contributed by atoms with Gasteiger partial charge in [0.1, 0.15) is 0 Å². The molecule has 0 aliphatic carbocycles. The predicted octanol–water partition coefficient (Wildman–Crippen LogP) is 1.25. The first kappa shape index (κ1) is 9.95. The van der Waals surface area contributed by atoms with Crippen LogP contribution >= 0.6 is 10.5 Å². The number of hydrogen-bond acceptors (Lipinski definition) is 2. The van der Waals surface area contributed by atoms with E-state index in [1.807, 2.05) is 30.3 Å². The molecule has 1 aromatic rings. The maximum atomic E-state index is 10.8. The number of hydroxylamine groups is 1. The fraction of sp³-hybridized carbons (Fsp3) is 0.111. The summed E-state index contributed by atoms with van der Waals surface area (Å²) in [5.41, 5.74) is 1.59. The van der Waals surface area contributed by atoms with Crippen molar-refractivity contribution in [3.63, 3.8) is 0 Å². The van der Waals surface area contributed by atoms with Crippen molar-refractivity contribution in [2.24, 2.45) is 0 Å². The molecule has 0 aromatic heterocycles. The largest absolute Gasteiger partial charge is 0.289 e. The Morgan fingerprint density at radius 1 is 1.46 bits per heavy atom. The molecule has 1 rings (SSSR count). The Morgan fingerprint density at radius 2 is 2.08 bits per heavy atom. The van der Waals surface area contributed by atoms with E-state index in [4.69, 9.17) is 5.21 Å². The normalized spacial score (nSPS) is 12.1. The van der Waals surface area contributed by atoms with Gasteiger partial charge in [-0.1, -0.05) is 24.1 Å². The number of amides is 1. The van der Waals surface area contributed by atoms with E-state index in [1.54, 1.807) is 5.48 Å². The summed E-state index contributed by atoms with van der Waals surface area (Å²) in [5.74, 6) is 3.67. The molecule has 0 fully saturated rings. The van der Waals surface area contributed by atoms with Crippen LogP contribution in [0.1, 0.15) is 0 Å². The molecule has 1 aromatic carbocycles. The molecule has 0 aliphatic heterocycles. The maximum Gasteiger partial charge on any atom is 0.253 e. The van der Waals surface area contributed by atoms with E-state index in [-0.39, 0.29) is 16.2 Å². The van der Waals surface area contributed by atoms with Gasteiger partial charge in [-0.2, -0.15) is 10.5 Å². The second-order valence-corrected chi connectivity index (χ2v) is 4.23. The van der Waals surface area contributed by atoms with Crippen LogP contribution in [-0.4, -0.2) is 22.7 Å². The summed E-state index contributed by atoms with van der Waals surface area (Å²) in [6.07, 6.45) is 0. The zero-order chi connectivity index (χ0) is 9.68. The molecule has 0 saturated carbocycles. The first-order chi connectivity index (χ1) is 6.24. The average Bonchev–Trinajstić information content (AvgIpc) is 2.19. The molecule has 3 nitrogen and oxygen atoms in total. The molecule has 0 spiro atoms. The van der Waals surface area contributed by atoms with Gasteiger partial charge >= 0.3 is 0 Å². The third-order valence-corrected chi connectivity index (χ3v) is 3.06. The highest BCUT2D eigenvalue weighted by Crippen LogP contribution is 2.22. The van der Waals surface area contributed by atoms with Crippen LogP contribution in [0.2, 0.25) is 0 Å². The summed E-state index contributed by atoms with van der Waals surface area (Å²) >= 11 is 0. The molecule has 0 saturated heterocycles. The zero-order valence-corrected chi connectivity index (χ0v) is 7.88. The second-order valence-electron chi connectivity index (χ2n) is 2.49. The molecular weight excluding hydrogens is 186 g/mol. The number of nitrogens with one attached hydrogen (secondary N) is 1. The van der Waals surface area contributed by atoms with Crippen molar-refractivity contribution in [2.75, 3.05) is 5.75 Å². The van der Waals surface area contributed by atoms with Gasteiger partial charge in [-0.15, -0.1) is 0 Å². The molecule has 1 unspecified atom stereocenters. The van der Waals surface area contributed by atoms with Crippen molar-refractivity contribution in [1.82, 2.24) is 5.48 Å².